The molecule has 1 aromatic heterocycles. The number of imide groups is 1. The lowest BCUT2D eigenvalue weighted by atomic mass is 10.2. The fraction of sp³-hybridized carbons (Fsp3) is 0.176. The highest BCUT2D eigenvalue weighted by molar-refractivity contribution is 8.19. The molecule has 2 amide bonds. The Hall–Kier alpha value is -2.47. The van der Waals surface area contributed by atoms with Gasteiger partial charge in [0.2, 0.25) is 0 Å². The third-order valence-corrected chi connectivity index (χ3v) is 4.10. The van der Waals surface area contributed by atoms with Crippen molar-refractivity contribution in [2.75, 3.05) is 11.5 Å². The van der Waals surface area contributed by atoms with Gasteiger partial charge in [-0.3, -0.25) is 9.59 Å². The maximum Gasteiger partial charge on any atom is 0.298 e. The SMILES string of the molecule is CCOc1ccc(N2C(=O)SC(=Cc3ccc(C)o3)C2=O)cc1. The van der Waals surface area contributed by atoms with Gasteiger partial charge in [-0.15, -0.1) is 0 Å². The Labute approximate surface area is 137 Å². The van der Waals surface area contributed by atoms with Gasteiger partial charge in [0.05, 0.1) is 17.2 Å². The van der Waals surface area contributed by atoms with Crippen molar-refractivity contribution in [3.63, 3.8) is 0 Å². The number of anilines is 1. The van der Waals surface area contributed by atoms with E-state index in [1.54, 1.807) is 36.4 Å². The van der Waals surface area contributed by atoms with Crippen LogP contribution in [0.25, 0.3) is 6.08 Å². The number of benzene rings is 1. The third kappa shape index (κ3) is 3.17. The lowest BCUT2D eigenvalue weighted by Crippen LogP contribution is -2.27. The van der Waals surface area contributed by atoms with Gasteiger partial charge in [-0.25, -0.2) is 4.90 Å². The fourth-order valence-corrected chi connectivity index (χ4v) is 3.03. The molecule has 1 aliphatic heterocycles. The number of rotatable bonds is 4. The van der Waals surface area contributed by atoms with E-state index in [2.05, 4.69) is 0 Å². The van der Waals surface area contributed by atoms with Gasteiger partial charge in [-0.05, 0) is 62.0 Å². The molecule has 6 heteroatoms. The Balaban J connectivity index is 1.85. The van der Waals surface area contributed by atoms with Crippen LogP contribution >= 0.6 is 11.8 Å². The standard InChI is InChI=1S/C17H15NO4S/c1-3-21-13-8-5-12(6-9-13)18-16(19)15(23-17(18)20)10-14-7-4-11(2)22-14/h4-10H,3H2,1-2H3. The summed E-state index contributed by atoms with van der Waals surface area (Å²) in [4.78, 5) is 26.1. The Morgan fingerprint density at radius 1 is 1.17 bits per heavy atom. The number of amides is 2. The molecule has 118 valence electrons. The van der Waals surface area contributed by atoms with E-state index in [0.29, 0.717) is 28.7 Å². The minimum absolute atomic E-state index is 0.325. The molecule has 0 unspecified atom stereocenters. The van der Waals surface area contributed by atoms with E-state index in [9.17, 15) is 9.59 Å². The first kappa shape index (κ1) is 15.4. The van der Waals surface area contributed by atoms with Crippen molar-refractivity contribution in [3.05, 3.63) is 52.8 Å². The van der Waals surface area contributed by atoms with E-state index in [0.717, 1.165) is 22.4 Å². The van der Waals surface area contributed by atoms with Crippen LogP contribution in [0, 0.1) is 6.92 Å². The van der Waals surface area contributed by atoms with Gasteiger partial charge in [0.15, 0.2) is 0 Å². The van der Waals surface area contributed by atoms with Crippen LogP contribution in [0.15, 0.2) is 45.7 Å². The van der Waals surface area contributed by atoms with Gasteiger partial charge < -0.3 is 9.15 Å². The van der Waals surface area contributed by atoms with E-state index in [1.165, 1.54) is 0 Å². The molecule has 0 N–H and O–H groups in total. The van der Waals surface area contributed by atoms with Crippen molar-refractivity contribution in [1.82, 2.24) is 0 Å². The number of carbonyl (C=O) groups excluding carboxylic acids is 2. The second-order valence-electron chi connectivity index (χ2n) is 4.89. The molecule has 0 saturated carbocycles. The first-order valence-corrected chi connectivity index (χ1v) is 7.97. The number of furan rings is 1. The molecule has 23 heavy (non-hydrogen) atoms. The molecule has 0 aliphatic carbocycles. The molecule has 2 heterocycles. The monoisotopic (exact) mass is 329 g/mol. The van der Waals surface area contributed by atoms with Gasteiger partial charge >= 0.3 is 0 Å². The molecule has 3 rings (SSSR count). The highest BCUT2D eigenvalue weighted by atomic mass is 32.2. The molecular formula is C17H15NO4S. The number of thioether (sulfide) groups is 1. The molecule has 0 radical (unpaired) electrons. The van der Waals surface area contributed by atoms with E-state index in [-0.39, 0.29) is 11.1 Å². The van der Waals surface area contributed by atoms with Gasteiger partial charge in [-0.1, -0.05) is 0 Å². The average Bonchev–Trinajstić information content (AvgIpc) is 3.05. The van der Waals surface area contributed by atoms with Crippen LogP contribution in [0.1, 0.15) is 18.4 Å². The van der Waals surface area contributed by atoms with Gasteiger partial charge in [0, 0.05) is 6.08 Å². The zero-order valence-corrected chi connectivity index (χ0v) is 13.6. The summed E-state index contributed by atoms with van der Waals surface area (Å²) in [6.45, 7) is 4.28. The molecule has 0 atom stereocenters. The van der Waals surface area contributed by atoms with Crippen molar-refractivity contribution >= 4 is 34.7 Å². The predicted molar refractivity (Wildman–Crippen MR) is 89.5 cm³/mol. The first-order valence-electron chi connectivity index (χ1n) is 7.15. The van der Waals surface area contributed by atoms with Crippen molar-refractivity contribution < 1.29 is 18.7 Å². The number of aryl methyl sites for hydroxylation is 1. The largest absolute Gasteiger partial charge is 0.494 e. The Bertz CT molecular complexity index is 776. The molecule has 0 spiro atoms. The molecule has 1 saturated heterocycles. The van der Waals surface area contributed by atoms with Crippen molar-refractivity contribution in [2.45, 2.75) is 13.8 Å². The summed E-state index contributed by atoms with van der Waals surface area (Å²) >= 11 is 0.902. The highest BCUT2D eigenvalue weighted by Crippen LogP contribution is 2.36. The summed E-state index contributed by atoms with van der Waals surface area (Å²) in [6, 6.07) is 10.4. The lowest BCUT2D eigenvalue weighted by molar-refractivity contribution is -0.113. The van der Waals surface area contributed by atoms with Crippen LogP contribution in [0.2, 0.25) is 0 Å². The summed E-state index contributed by atoms with van der Waals surface area (Å²) in [5.41, 5.74) is 0.523. The molecular weight excluding hydrogens is 314 g/mol. The maximum absolute atomic E-state index is 12.5. The smallest absolute Gasteiger partial charge is 0.298 e. The van der Waals surface area contributed by atoms with Crippen LogP contribution in [0.3, 0.4) is 0 Å². The number of carbonyl (C=O) groups is 2. The zero-order chi connectivity index (χ0) is 16.4. The fourth-order valence-electron chi connectivity index (χ4n) is 2.21. The van der Waals surface area contributed by atoms with Gasteiger partial charge in [-0.2, -0.15) is 0 Å². The minimum Gasteiger partial charge on any atom is -0.494 e. The molecule has 0 bridgehead atoms. The summed E-state index contributed by atoms with van der Waals surface area (Å²) in [6.07, 6.45) is 1.59. The average molecular weight is 329 g/mol. The van der Waals surface area contributed by atoms with Crippen molar-refractivity contribution in [2.24, 2.45) is 0 Å². The number of ether oxygens (including phenoxy) is 1. The van der Waals surface area contributed by atoms with Gasteiger partial charge in [0.25, 0.3) is 11.1 Å². The molecule has 1 aromatic carbocycles. The van der Waals surface area contributed by atoms with Crippen molar-refractivity contribution in [3.8, 4) is 5.75 Å². The first-order chi connectivity index (χ1) is 11.1. The predicted octanol–water partition coefficient (Wildman–Crippen LogP) is 4.23. The Kier molecular flexibility index (Phi) is 4.25. The molecule has 5 nitrogen and oxygen atoms in total. The minimum atomic E-state index is -0.349. The molecule has 1 fully saturated rings. The van der Waals surface area contributed by atoms with Crippen LogP contribution in [0.5, 0.6) is 5.75 Å². The number of hydrogen-bond acceptors (Lipinski definition) is 5. The normalized spacial score (nSPS) is 16.4. The molecule has 1 aliphatic rings. The summed E-state index contributed by atoms with van der Waals surface area (Å²) in [5.74, 6) is 1.66. The number of hydrogen-bond donors (Lipinski definition) is 0. The van der Waals surface area contributed by atoms with E-state index < -0.39 is 0 Å². The van der Waals surface area contributed by atoms with Crippen LogP contribution < -0.4 is 9.64 Å². The van der Waals surface area contributed by atoms with E-state index >= 15 is 0 Å². The van der Waals surface area contributed by atoms with Crippen LogP contribution in [-0.2, 0) is 4.79 Å². The van der Waals surface area contributed by atoms with Crippen LogP contribution in [0.4, 0.5) is 10.5 Å². The summed E-state index contributed by atoms with van der Waals surface area (Å²) in [5, 5.41) is -0.325. The quantitative estimate of drug-likeness (QED) is 0.786. The lowest BCUT2D eigenvalue weighted by Gasteiger charge is -2.13. The highest BCUT2D eigenvalue weighted by Gasteiger charge is 2.36. The summed E-state index contributed by atoms with van der Waals surface area (Å²) in [7, 11) is 0. The second kappa shape index (κ2) is 6.34. The Morgan fingerprint density at radius 3 is 2.52 bits per heavy atom. The second-order valence-corrected chi connectivity index (χ2v) is 5.89. The summed E-state index contributed by atoms with van der Waals surface area (Å²) < 4.78 is 10.8. The maximum atomic E-state index is 12.5. The van der Waals surface area contributed by atoms with Crippen molar-refractivity contribution in [1.29, 1.82) is 0 Å². The van der Waals surface area contributed by atoms with Gasteiger partial charge in [0.1, 0.15) is 17.3 Å². The molecule has 2 aromatic rings. The van der Waals surface area contributed by atoms with E-state index in [1.807, 2.05) is 19.9 Å². The van der Waals surface area contributed by atoms with Crippen LogP contribution in [-0.4, -0.2) is 17.8 Å². The van der Waals surface area contributed by atoms with E-state index in [4.69, 9.17) is 9.15 Å². The zero-order valence-electron chi connectivity index (χ0n) is 12.7. The topological polar surface area (TPSA) is 59.8 Å². The Morgan fingerprint density at radius 2 is 1.91 bits per heavy atom. The number of nitrogens with zero attached hydrogens (tertiary/aromatic N) is 1. The third-order valence-electron chi connectivity index (χ3n) is 3.23.